The summed E-state index contributed by atoms with van der Waals surface area (Å²) in [4.78, 5) is 20.2. The summed E-state index contributed by atoms with van der Waals surface area (Å²) in [5, 5.41) is 1.58. The highest BCUT2D eigenvalue weighted by molar-refractivity contribution is 7.12. The van der Waals surface area contributed by atoms with Crippen LogP contribution in [0.15, 0.2) is 42.5 Å². The number of aryl methyl sites for hydroxylation is 2. The highest BCUT2D eigenvalue weighted by Crippen LogP contribution is 2.29. The molecule has 1 aromatic heterocycles. The van der Waals surface area contributed by atoms with Gasteiger partial charge in [0.1, 0.15) is 5.75 Å². The van der Waals surface area contributed by atoms with E-state index in [2.05, 4.69) is 36.2 Å². The summed E-state index contributed by atoms with van der Waals surface area (Å²) in [6, 6.07) is 13.7. The molecule has 0 spiro atoms. The van der Waals surface area contributed by atoms with E-state index >= 15 is 0 Å². The lowest BCUT2D eigenvalue weighted by atomic mass is 10.1. The average Bonchev–Trinajstić information content (AvgIpc) is 3.02. The zero-order valence-electron chi connectivity index (χ0n) is 16.5. The van der Waals surface area contributed by atoms with Crippen LogP contribution in [0.3, 0.4) is 0 Å². The highest BCUT2D eigenvalue weighted by atomic mass is 35.5. The SMILES string of the molecule is COc1ccc(Cl)cc1CN(C)C(=O)Cc1sc(C)nc1-c1ccc(C)cc1. The van der Waals surface area contributed by atoms with Gasteiger partial charge in [-0.05, 0) is 32.0 Å². The minimum absolute atomic E-state index is 0.0269. The number of carbonyl (C=O) groups is 1. The first kappa shape index (κ1) is 20.4. The van der Waals surface area contributed by atoms with Gasteiger partial charge in [-0.15, -0.1) is 11.3 Å². The van der Waals surface area contributed by atoms with Crippen LogP contribution < -0.4 is 4.74 Å². The Labute approximate surface area is 174 Å². The molecule has 0 unspecified atom stereocenters. The number of ether oxygens (including phenoxy) is 1. The van der Waals surface area contributed by atoms with E-state index in [4.69, 9.17) is 16.3 Å². The molecule has 0 atom stereocenters. The van der Waals surface area contributed by atoms with Crippen molar-refractivity contribution in [1.29, 1.82) is 0 Å². The van der Waals surface area contributed by atoms with Crippen molar-refractivity contribution in [3.05, 3.63) is 68.5 Å². The molecule has 0 radical (unpaired) electrons. The molecular weight excluding hydrogens is 392 g/mol. The number of methoxy groups -OCH3 is 1. The second-order valence-corrected chi connectivity index (χ2v) is 8.48. The Balaban J connectivity index is 1.78. The molecule has 0 saturated carbocycles. The van der Waals surface area contributed by atoms with Crippen LogP contribution in [-0.4, -0.2) is 29.9 Å². The zero-order chi connectivity index (χ0) is 20.3. The van der Waals surface area contributed by atoms with Crippen molar-refractivity contribution in [2.75, 3.05) is 14.2 Å². The molecule has 6 heteroatoms. The maximum atomic E-state index is 12.9. The van der Waals surface area contributed by atoms with Gasteiger partial charge in [-0.2, -0.15) is 0 Å². The lowest BCUT2D eigenvalue weighted by molar-refractivity contribution is -0.129. The molecule has 0 aliphatic rings. The summed E-state index contributed by atoms with van der Waals surface area (Å²) in [5.74, 6) is 0.747. The van der Waals surface area contributed by atoms with Crippen molar-refractivity contribution in [1.82, 2.24) is 9.88 Å². The average molecular weight is 415 g/mol. The van der Waals surface area contributed by atoms with E-state index in [0.717, 1.165) is 32.5 Å². The third-order valence-electron chi connectivity index (χ3n) is 4.52. The molecule has 0 aliphatic carbocycles. The summed E-state index contributed by atoms with van der Waals surface area (Å²) in [6.07, 6.45) is 0.314. The van der Waals surface area contributed by atoms with Crippen LogP contribution in [0.5, 0.6) is 5.75 Å². The van der Waals surface area contributed by atoms with Gasteiger partial charge >= 0.3 is 0 Å². The maximum Gasteiger partial charge on any atom is 0.227 e. The van der Waals surface area contributed by atoms with Crippen molar-refractivity contribution >= 4 is 28.8 Å². The number of hydrogen-bond donors (Lipinski definition) is 0. The van der Waals surface area contributed by atoms with Crippen LogP contribution in [0.2, 0.25) is 5.02 Å². The first-order valence-electron chi connectivity index (χ1n) is 8.97. The Kier molecular flexibility index (Phi) is 6.37. The van der Waals surface area contributed by atoms with Crippen molar-refractivity contribution in [3.8, 4) is 17.0 Å². The van der Waals surface area contributed by atoms with Gasteiger partial charge < -0.3 is 9.64 Å². The molecule has 0 bridgehead atoms. The van der Waals surface area contributed by atoms with Gasteiger partial charge in [0.15, 0.2) is 0 Å². The normalized spacial score (nSPS) is 10.8. The maximum absolute atomic E-state index is 12.9. The fourth-order valence-corrected chi connectivity index (χ4v) is 4.16. The number of benzene rings is 2. The van der Waals surface area contributed by atoms with E-state index in [1.807, 2.05) is 19.1 Å². The molecule has 3 rings (SSSR count). The molecule has 0 aliphatic heterocycles. The van der Waals surface area contributed by atoms with E-state index in [9.17, 15) is 4.79 Å². The van der Waals surface area contributed by atoms with Crippen molar-refractivity contribution in [2.24, 2.45) is 0 Å². The summed E-state index contributed by atoms with van der Waals surface area (Å²) < 4.78 is 5.38. The lowest BCUT2D eigenvalue weighted by Gasteiger charge is -2.19. The van der Waals surface area contributed by atoms with Crippen LogP contribution >= 0.6 is 22.9 Å². The quantitative estimate of drug-likeness (QED) is 0.550. The van der Waals surface area contributed by atoms with Gasteiger partial charge in [0.2, 0.25) is 5.91 Å². The molecule has 1 amide bonds. The predicted molar refractivity (Wildman–Crippen MR) is 115 cm³/mol. The molecule has 3 aromatic rings. The van der Waals surface area contributed by atoms with Gasteiger partial charge in [0.25, 0.3) is 0 Å². The number of nitrogens with zero attached hydrogens (tertiary/aromatic N) is 2. The van der Waals surface area contributed by atoms with Crippen molar-refractivity contribution in [2.45, 2.75) is 26.8 Å². The second kappa shape index (κ2) is 8.76. The van der Waals surface area contributed by atoms with E-state index in [1.54, 1.807) is 36.5 Å². The third-order valence-corrected chi connectivity index (χ3v) is 5.72. The van der Waals surface area contributed by atoms with E-state index in [1.165, 1.54) is 5.56 Å². The standard InChI is InChI=1S/C22H23ClN2O2S/c1-14-5-7-16(8-6-14)22-20(28-15(2)24-22)12-21(26)25(3)13-17-11-18(23)9-10-19(17)27-4/h5-11H,12-13H2,1-4H3. The third kappa shape index (κ3) is 4.72. The van der Waals surface area contributed by atoms with Crippen LogP contribution in [0, 0.1) is 13.8 Å². The van der Waals surface area contributed by atoms with Gasteiger partial charge in [-0.1, -0.05) is 41.4 Å². The van der Waals surface area contributed by atoms with Crippen LogP contribution in [0.25, 0.3) is 11.3 Å². The summed E-state index contributed by atoms with van der Waals surface area (Å²) >= 11 is 7.67. The highest BCUT2D eigenvalue weighted by Gasteiger charge is 2.18. The van der Waals surface area contributed by atoms with E-state index in [-0.39, 0.29) is 5.91 Å². The van der Waals surface area contributed by atoms with Crippen molar-refractivity contribution in [3.63, 3.8) is 0 Å². The largest absolute Gasteiger partial charge is 0.496 e. The number of carbonyl (C=O) groups excluding carboxylic acids is 1. The van der Waals surface area contributed by atoms with Gasteiger partial charge in [-0.25, -0.2) is 4.98 Å². The molecule has 0 fully saturated rings. The molecule has 2 aromatic carbocycles. The molecular formula is C22H23ClN2O2S. The Morgan fingerprint density at radius 1 is 1.18 bits per heavy atom. The topological polar surface area (TPSA) is 42.4 Å². The number of likely N-dealkylation sites (N-methyl/N-ethyl adjacent to an activating group) is 1. The van der Waals surface area contributed by atoms with Gasteiger partial charge in [0, 0.05) is 34.6 Å². The number of aromatic nitrogens is 1. The van der Waals surface area contributed by atoms with Crippen LogP contribution in [0.4, 0.5) is 0 Å². The van der Waals surface area contributed by atoms with Crippen LogP contribution in [0.1, 0.15) is 21.0 Å². The fraction of sp³-hybridized carbons (Fsp3) is 0.273. The smallest absolute Gasteiger partial charge is 0.227 e. The van der Waals surface area contributed by atoms with Crippen molar-refractivity contribution < 1.29 is 9.53 Å². The number of amides is 1. The number of hydrogen-bond acceptors (Lipinski definition) is 4. The summed E-state index contributed by atoms with van der Waals surface area (Å²) in [6.45, 7) is 4.46. The summed E-state index contributed by atoms with van der Waals surface area (Å²) in [5.41, 5.74) is 4.01. The zero-order valence-corrected chi connectivity index (χ0v) is 18.0. The molecule has 4 nitrogen and oxygen atoms in total. The first-order chi connectivity index (χ1) is 13.4. The first-order valence-corrected chi connectivity index (χ1v) is 10.2. The molecule has 0 saturated heterocycles. The molecule has 146 valence electrons. The fourth-order valence-electron chi connectivity index (χ4n) is 3.01. The molecule has 0 N–H and O–H groups in total. The minimum Gasteiger partial charge on any atom is -0.496 e. The minimum atomic E-state index is 0.0269. The predicted octanol–water partition coefficient (Wildman–Crippen LogP) is 5.29. The summed E-state index contributed by atoms with van der Waals surface area (Å²) in [7, 11) is 3.41. The van der Waals surface area contributed by atoms with Gasteiger partial charge in [-0.3, -0.25) is 4.79 Å². The van der Waals surface area contributed by atoms with E-state index in [0.29, 0.717) is 18.0 Å². The Hall–Kier alpha value is -2.37. The Bertz CT molecular complexity index is 983. The monoisotopic (exact) mass is 414 g/mol. The number of rotatable bonds is 6. The van der Waals surface area contributed by atoms with E-state index < -0.39 is 0 Å². The lowest BCUT2D eigenvalue weighted by Crippen LogP contribution is -2.27. The van der Waals surface area contributed by atoms with Crippen LogP contribution in [-0.2, 0) is 17.8 Å². The van der Waals surface area contributed by atoms with Gasteiger partial charge in [0.05, 0.1) is 24.2 Å². The second-order valence-electron chi connectivity index (χ2n) is 6.75. The Morgan fingerprint density at radius 2 is 1.89 bits per heavy atom. The number of halogens is 1. The molecule has 28 heavy (non-hydrogen) atoms. The number of thiazole rings is 1. The Morgan fingerprint density at radius 3 is 2.57 bits per heavy atom. The molecule has 1 heterocycles.